The molecule has 1 rings (SSSR count). The molecule has 0 aromatic carbocycles. The molecule has 1 aromatic heterocycles. The number of rotatable bonds is 4. The average molecular weight is 179 g/mol. The molecule has 0 N–H and O–H groups in total. The van der Waals surface area contributed by atoms with E-state index in [-0.39, 0.29) is 0 Å². The van der Waals surface area contributed by atoms with Crippen LogP contribution >= 0.6 is 0 Å². The van der Waals surface area contributed by atoms with Gasteiger partial charge < -0.3 is 4.74 Å². The SMILES string of the molecule is CC(C)COc1cccc(C=O)n1. The number of aldehydes is 1. The Morgan fingerprint density at radius 3 is 2.92 bits per heavy atom. The quantitative estimate of drug-likeness (QED) is 0.663. The standard InChI is InChI=1S/C10H13NO2/c1-8(2)7-13-10-5-3-4-9(6-12)11-10/h3-6,8H,7H2,1-2H3. The van der Waals surface area contributed by atoms with E-state index < -0.39 is 0 Å². The zero-order valence-electron chi connectivity index (χ0n) is 7.86. The van der Waals surface area contributed by atoms with Crippen molar-refractivity contribution in [1.82, 2.24) is 4.98 Å². The first-order chi connectivity index (χ1) is 6.22. The maximum Gasteiger partial charge on any atom is 0.213 e. The zero-order valence-corrected chi connectivity index (χ0v) is 7.86. The lowest BCUT2D eigenvalue weighted by Crippen LogP contribution is -2.06. The molecule has 70 valence electrons. The highest BCUT2D eigenvalue weighted by molar-refractivity contribution is 5.71. The summed E-state index contributed by atoms with van der Waals surface area (Å²) >= 11 is 0. The molecule has 0 aliphatic rings. The summed E-state index contributed by atoms with van der Waals surface area (Å²) < 4.78 is 5.34. The van der Waals surface area contributed by atoms with Gasteiger partial charge in [0.05, 0.1) is 6.61 Å². The van der Waals surface area contributed by atoms with Gasteiger partial charge >= 0.3 is 0 Å². The van der Waals surface area contributed by atoms with Crippen molar-refractivity contribution in [2.24, 2.45) is 5.92 Å². The van der Waals surface area contributed by atoms with E-state index in [1.54, 1.807) is 18.2 Å². The summed E-state index contributed by atoms with van der Waals surface area (Å²) in [5.41, 5.74) is 0.404. The van der Waals surface area contributed by atoms with E-state index in [9.17, 15) is 4.79 Å². The Morgan fingerprint density at radius 2 is 2.31 bits per heavy atom. The lowest BCUT2D eigenvalue weighted by molar-refractivity contribution is 0.111. The van der Waals surface area contributed by atoms with Gasteiger partial charge in [-0.2, -0.15) is 0 Å². The molecule has 0 bridgehead atoms. The second-order valence-corrected chi connectivity index (χ2v) is 3.22. The molecule has 1 heterocycles. The van der Waals surface area contributed by atoms with Crippen molar-refractivity contribution >= 4 is 6.29 Å². The second-order valence-electron chi connectivity index (χ2n) is 3.22. The molecular weight excluding hydrogens is 166 g/mol. The van der Waals surface area contributed by atoms with Gasteiger partial charge in [0.2, 0.25) is 5.88 Å². The number of hydrogen-bond acceptors (Lipinski definition) is 3. The van der Waals surface area contributed by atoms with E-state index in [0.717, 1.165) is 0 Å². The molecule has 0 aliphatic heterocycles. The van der Waals surface area contributed by atoms with E-state index >= 15 is 0 Å². The van der Waals surface area contributed by atoms with Crippen LogP contribution in [0.15, 0.2) is 18.2 Å². The monoisotopic (exact) mass is 179 g/mol. The molecule has 0 radical (unpaired) electrons. The summed E-state index contributed by atoms with van der Waals surface area (Å²) in [6.07, 6.45) is 0.711. The second kappa shape index (κ2) is 4.60. The van der Waals surface area contributed by atoms with E-state index in [1.807, 2.05) is 0 Å². The van der Waals surface area contributed by atoms with Gasteiger partial charge in [0.15, 0.2) is 6.29 Å². The van der Waals surface area contributed by atoms with Crippen LogP contribution < -0.4 is 4.74 Å². The maximum atomic E-state index is 10.4. The number of hydrogen-bond donors (Lipinski definition) is 0. The molecule has 3 nitrogen and oxygen atoms in total. The van der Waals surface area contributed by atoms with Crippen LogP contribution in [-0.2, 0) is 0 Å². The number of carbonyl (C=O) groups is 1. The summed E-state index contributed by atoms with van der Waals surface area (Å²) in [7, 11) is 0. The van der Waals surface area contributed by atoms with Crippen molar-refractivity contribution in [1.29, 1.82) is 0 Å². The first-order valence-corrected chi connectivity index (χ1v) is 4.27. The van der Waals surface area contributed by atoms with Crippen LogP contribution in [0.25, 0.3) is 0 Å². The smallest absolute Gasteiger partial charge is 0.213 e. The first kappa shape index (κ1) is 9.71. The normalized spacial score (nSPS) is 10.1. The molecule has 0 saturated heterocycles. The molecule has 0 spiro atoms. The number of ether oxygens (including phenoxy) is 1. The summed E-state index contributed by atoms with van der Waals surface area (Å²) in [6.45, 7) is 4.74. The van der Waals surface area contributed by atoms with Crippen LogP contribution in [-0.4, -0.2) is 17.9 Å². The number of nitrogens with zero attached hydrogens (tertiary/aromatic N) is 1. The highest BCUT2D eigenvalue weighted by Gasteiger charge is 1.98. The summed E-state index contributed by atoms with van der Waals surface area (Å²) in [5, 5.41) is 0. The fraction of sp³-hybridized carbons (Fsp3) is 0.400. The Morgan fingerprint density at radius 1 is 1.54 bits per heavy atom. The van der Waals surface area contributed by atoms with Gasteiger partial charge in [0, 0.05) is 6.07 Å². The molecule has 0 aliphatic carbocycles. The first-order valence-electron chi connectivity index (χ1n) is 4.27. The minimum Gasteiger partial charge on any atom is -0.477 e. The third-order valence-corrected chi connectivity index (χ3v) is 1.43. The molecule has 0 atom stereocenters. The Labute approximate surface area is 77.8 Å². The zero-order chi connectivity index (χ0) is 9.68. The van der Waals surface area contributed by atoms with Gasteiger partial charge in [-0.15, -0.1) is 0 Å². The van der Waals surface area contributed by atoms with E-state index in [1.165, 1.54) is 0 Å². The highest BCUT2D eigenvalue weighted by atomic mass is 16.5. The Balaban J connectivity index is 2.61. The third kappa shape index (κ3) is 3.23. The van der Waals surface area contributed by atoms with Crippen LogP contribution in [0.3, 0.4) is 0 Å². The van der Waals surface area contributed by atoms with Crippen LogP contribution in [0.2, 0.25) is 0 Å². The van der Waals surface area contributed by atoms with Crippen molar-refractivity contribution in [3.05, 3.63) is 23.9 Å². The molecule has 0 fully saturated rings. The van der Waals surface area contributed by atoms with Crippen molar-refractivity contribution in [3.8, 4) is 5.88 Å². The summed E-state index contributed by atoms with van der Waals surface area (Å²) in [4.78, 5) is 14.4. The number of aromatic nitrogens is 1. The molecule has 0 unspecified atom stereocenters. The van der Waals surface area contributed by atoms with E-state index in [4.69, 9.17) is 4.74 Å². The van der Waals surface area contributed by atoms with E-state index in [2.05, 4.69) is 18.8 Å². The van der Waals surface area contributed by atoms with Gasteiger partial charge in [0.25, 0.3) is 0 Å². The minimum atomic E-state index is 0.404. The fourth-order valence-corrected chi connectivity index (χ4v) is 0.829. The largest absolute Gasteiger partial charge is 0.477 e. The molecular formula is C10H13NO2. The Bertz CT molecular complexity index is 284. The van der Waals surface area contributed by atoms with Crippen molar-refractivity contribution in [3.63, 3.8) is 0 Å². The maximum absolute atomic E-state index is 10.4. The Hall–Kier alpha value is -1.38. The van der Waals surface area contributed by atoms with Crippen LogP contribution in [0, 0.1) is 5.92 Å². The third-order valence-electron chi connectivity index (χ3n) is 1.43. The van der Waals surface area contributed by atoms with E-state index in [0.29, 0.717) is 30.4 Å². The average Bonchev–Trinajstić information content (AvgIpc) is 2.15. The molecule has 0 saturated carbocycles. The fourth-order valence-electron chi connectivity index (χ4n) is 0.829. The molecule has 3 heteroatoms. The van der Waals surface area contributed by atoms with Gasteiger partial charge in [0.1, 0.15) is 5.69 Å². The van der Waals surface area contributed by atoms with Crippen LogP contribution in [0.4, 0.5) is 0 Å². The highest BCUT2D eigenvalue weighted by Crippen LogP contribution is 2.07. The van der Waals surface area contributed by atoms with Crippen molar-refractivity contribution < 1.29 is 9.53 Å². The lowest BCUT2D eigenvalue weighted by Gasteiger charge is -2.07. The van der Waals surface area contributed by atoms with Crippen LogP contribution in [0.5, 0.6) is 5.88 Å². The number of pyridine rings is 1. The Kier molecular flexibility index (Phi) is 3.43. The van der Waals surface area contributed by atoms with Gasteiger partial charge in [-0.05, 0) is 12.0 Å². The number of carbonyl (C=O) groups excluding carboxylic acids is 1. The van der Waals surface area contributed by atoms with Crippen molar-refractivity contribution in [2.45, 2.75) is 13.8 Å². The van der Waals surface area contributed by atoms with Crippen molar-refractivity contribution in [2.75, 3.05) is 6.61 Å². The van der Waals surface area contributed by atoms with Gasteiger partial charge in [-0.25, -0.2) is 4.98 Å². The minimum absolute atomic E-state index is 0.404. The predicted octanol–water partition coefficient (Wildman–Crippen LogP) is 1.93. The molecule has 13 heavy (non-hydrogen) atoms. The molecule has 1 aromatic rings. The topological polar surface area (TPSA) is 39.2 Å². The summed E-state index contributed by atoms with van der Waals surface area (Å²) in [6, 6.07) is 5.15. The summed E-state index contributed by atoms with van der Waals surface area (Å²) in [5.74, 6) is 0.972. The van der Waals surface area contributed by atoms with Crippen LogP contribution in [0.1, 0.15) is 24.3 Å². The molecule has 0 amide bonds. The lowest BCUT2D eigenvalue weighted by atomic mass is 10.2. The van der Waals surface area contributed by atoms with Gasteiger partial charge in [-0.3, -0.25) is 4.79 Å². The van der Waals surface area contributed by atoms with Gasteiger partial charge in [-0.1, -0.05) is 19.9 Å². The predicted molar refractivity (Wildman–Crippen MR) is 50.0 cm³/mol.